The fourth-order valence-electron chi connectivity index (χ4n) is 2.42. The van der Waals surface area contributed by atoms with Crippen molar-refractivity contribution in [3.05, 3.63) is 40.6 Å². The molecule has 0 saturated carbocycles. The maximum Gasteiger partial charge on any atom is 0.294 e. The van der Waals surface area contributed by atoms with E-state index in [1.807, 2.05) is 0 Å². The number of hydrogen-bond acceptors (Lipinski definition) is 5. The molecule has 0 bridgehead atoms. The first-order valence-corrected chi connectivity index (χ1v) is 8.23. The van der Waals surface area contributed by atoms with Crippen LogP contribution in [0, 0.1) is 5.82 Å². The Morgan fingerprint density at radius 3 is 2.67 bits per heavy atom. The Morgan fingerprint density at radius 2 is 1.96 bits per heavy atom. The van der Waals surface area contributed by atoms with Gasteiger partial charge in [0.2, 0.25) is 5.91 Å². The van der Waals surface area contributed by atoms with Crippen LogP contribution in [0.25, 0.3) is 6.08 Å². The monoisotopic (exact) mass is 350 g/mol. The number of benzene rings is 1. The highest BCUT2D eigenvalue weighted by Crippen LogP contribution is 2.32. The molecule has 2 aliphatic heterocycles. The first kappa shape index (κ1) is 16.7. The van der Waals surface area contributed by atoms with Gasteiger partial charge in [-0.2, -0.15) is 0 Å². The van der Waals surface area contributed by atoms with Gasteiger partial charge in [-0.1, -0.05) is 18.2 Å². The highest BCUT2D eigenvalue weighted by Gasteiger charge is 2.37. The number of hydrogen-bond donors (Lipinski definition) is 0. The fraction of sp³-hybridized carbons (Fsp3) is 0.312. The normalized spacial score (nSPS) is 20.1. The van der Waals surface area contributed by atoms with Crippen LogP contribution in [0.15, 0.2) is 29.2 Å². The first-order chi connectivity index (χ1) is 11.6. The maximum absolute atomic E-state index is 13.7. The van der Waals surface area contributed by atoms with Gasteiger partial charge in [0.05, 0.1) is 18.1 Å². The Balaban J connectivity index is 1.72. The number of rotatable bonds is 3. The lowest BCUT2D eigenvalue weighted by atomic mass is 10.2. The molecule has 2 heterocycles. The van der Waals surface area contributed by atoms with Crippen LogP contribution in [0.3, 0.4) is 0 Å². The molecule has 24 heavy (non-hydrogen) atoms. The van der Waals surface area contributed by atoms with Crippen molar-refractivity contribution in [2.45, 2.75) is 0 Å². The second kappa shape index (κ2) is 7.14. The van der Waals surface area contributed by atoms with Crippen molar-refractivity contribution in [3.8, 4) is 0 Å². The molecule has 1 aromatic rings. The smallest absolute Gasteiger partial charge is 0.294 e. The molecule has 6 nitrogen and oxygen atoms in total. The van der Waals surface area contributed by atoms with Crippen molar-refractivity contribution < 1.29 is 23.5 Å². The molecule has 0 atom stereocenters. The lowest BCUT2D eigenvalue weighted by Gasteiger charge is -2.28. The summed E-state index contributed by atoms with van der Waals surface area (Å²) in [7, 11) is 0. The van der Waals surface area contributed by atoms with Gasteiger partial charge in [0, 0.05) is 18.7 Å². The molecule has 0 spiro atoms. The Labute approximate surface area is 142 Å². The third-order valence-electron chi connectivity index (χ3n) is 3.72. The van der Waals surface area contributed by atoms with Gasteiger partial charge in [0.25, 0.3) is 11.1 Å². The number of carbonyl (C=O) groups excluding carboxylic acids is 3. The molecule has 0 unspecified atom stereocenters. The van der Waals surface area contributed by atoms with Crippen LogP contribution in [0.4, 0.5) is 9.18 Å². The topological polar surface area (TPSA) is 66.9 Å². The largest absolute Gasteiger partial charge is 0.378 e. The third-order valence-corrected chi connectivity index (χ3v) is 4.63. The molecule has 8 heteroatoms. The fourth-order valence-corrected chi connectivity index (χ4v) is 3.25. The lowest BCUT2D eigenvalue weighted by molar-refractivity contribution is -0.139. The standard InChI is InChI=1S/C16H15FN2O4S/c17-12-4-2-1-3-11(12)9-13-15(21)19(16(22)24-13)10-14(20)18-5-7-23-8-6-18/h1-4,9H,5-8,10H2/b13-9-. The van der Waals surface area contributed by atoms with Crippen molar-refractivity contribution in [2.24, 2.45) is 0 Å². The van der Waals surface area contributed by atoms with Crippen LogP contribution in [0.1, 0.15) is 5.56 Å². The van der Waals surface area contributed by atoms with Crippen molar-refractivity contribution in [3.63, 3.8) is 0 Å². The summed E-state index contributed by atoms with van der Waals surface area (Å²) < 4.78 is 18.8. The molecule has 126 valence electrons. The summed E-state index contributed by atoms with van der Waals surface area (Å²) in [6.07, 6.45) is 1.33. The van der Waals surface area contributed by atoms with Crippen LogP contribution >= 0.6 is 11.8 Å². The van der Waals surface area contributed by atoms with E-state index in [2.05, 4.69) is 0 Å². The minimum Gasteiger partial charge on any atom is -0.378 e. The zero-order chi connectivity index (χ0) is 17.1. The molecule has 0 aromatic heterocycles. The predicted octanol–water partition coefficient (Wildman–Crippen LogP) is 1.72. The molecule has 2 aliphatic rings. The zero-order valence-corrected chi connectivity index (χ0v) is 13.6. The molecule has 3 rings (SSSR count). The molecule has 3 amide bonds. The van der Waals surface area contributed by atoms with Gasteiger partial charge in [0.15, 0.2) is 0 Å². The summed E-state index contributed by atoms with van der Waals surface area (Å²) in [4.78, 5) is 39.1. The van der Waals surface area contributed by atoms with Crippen molar-refractivity contribution in [2.75, 3.05) is 32.8 Å². The number of morpholine rings is 1. The van der Waals surface area contributed by atoms with E-state index in [1.165, 1.54) is 18.2 Å². The number of imide groups is 1. The molecule has 1 aromatic carbocycles. The van der Waals surface area contributed by atoms with Crippen molar-refractivity contribution in [1.29, 1.82) is 0 Å². The van der Waals surface area contributed by atoms with Gasteiger partial charge in [-0.3, -0.25) is 19.3 Å². The summed E-state index contributed by atoms with van der Waals surface area (Å²) in [5, 5.41) is -0.524. The number of halogens is 1. The summed E-state index contributed by atoms with van der Waals surface area (Å²) >= 11 is 0.710. The second-order valence-electron chi connectivity index (χ2n) is 5.28. The van der Waals surface area contributed by atoms with Crippen LogP contribution < -0.4 is 0 Å². The SMILES string of the molecule is O=C(CN1C(=O)S/C(=C\c2ccccc2F)C1=O)N1CCOCC1. The first-order valence-electron chi connectivity index (χ1n) is 7.41. The minimum absolute atomic E-state index is 0.111. The van der Waals surface area contributed by atoms with Gasteiger partial charge in [-0.05, 0) is 23.9 Å². The highest BCUT2D eigenvalue weighted by molar-refractivity contribution is 8.18. The Bertz CT molecular complexity index is 716. The minimum atomic E-state index is -0.574. The van der Waals surface area contributed by atoms with Crippen LogP contribution in [0.2, 0.25) is 0 Å². The number of nitrogens with zero attached hydrogens (tertiary/aromatic N) is 2. The second-order valence-corrected chi connectivity index (χ2v) is 6.28. The van der Waals surface area contributed by atoms with E-state index in [1.54, 1.807) is 17.0 Å². The number of carbonyl (C=O) groups is 3. The summed E-state index contributed by atoms with van der Waals surface area (Å²) in [5.74, 6) is -1.35. The summed E-state index contributed by atoms with van der Waals surface area (Å²) in [6, 6.07) is 5.97. The van der Waals surface area contributed by atoms with Crippen molar-refractivity contribution in [1.82, 2.24) is 9.80 Å². The van der Waals surface area contributed by atoms with E-state index in [-0.39, 0.29) is 22.9 Å². The molecule has 0 radical (unpaired) electrons. The number of ether oxygens (including phenoxy) is 1. The van der Waals surface area contributed by atoms with Gasteiger partial charge >= 0.3 is 0 Å². The molecule has 2 saturated heterocycles. The average molecular weight is 350 g/mol. The van der Waals surface area contributed by atoms with Gasteiger partial charge in [-0.25, -0.2) is 4.39 Å². The van der Waals surface area contributed by atoms with E-state index in [0.717, 1.165) is 4.90 Å². The molecular formula is C16H15FN2O4S. The Hall–Kier alpha value is -2.19. The van der Waals surface area contributed by atoms with E-state index in [0.29, 0.717) is 38.1 Å². The van der Waals surface area contributed by atoms with E-state index in [9.17, 15) is 18.8 Å². The Morgan fingerprint density at radius 1 is 1.25 bits per heavy atom. The zero-order valence-electron chi connectivity index (χ0n) is 12.7. The predicted molar refractivity (Wildman–Crippen MR) is 86.5 cm³/mol. The van der Waals surface area contributed by atoms with Crippen LogP contribution in [-0.4, -0.2) is 59.7 Å². The summed E-state index contributed by atoms with van der Waals surface area (Å²) in [6.45, 7) is 1.47. The highest BCUT2D eigenvalue weighted by atomic mass is 32.2. The Kier molecular flexibility index (Phi) is 4.96. The maximum atomic E-state index is 13.7. The van der Waals surface area contributed by atoms with E-state index < -0.39 is 17.0 Å². The van der Waals surface area contributed by atoms with Crippen LogP contribution in [0.5, 0.6) is 0 Å². The van der Waals surface area contributed by atoms with E-state index >= 15 is 0 Å². The van der Waals surface area contributed by atoms with Gasteiger partial charge in [0.1, 0.15) is 12.4 Å². The van der Waals surface area contributed by atoms with Crippen LogP contribution in [-0.2, 0) is 14.3 Å². The molecule has 2 fully saturated rings. The lowest BCUT2D eigenvalue weighted by Crippen LogP contribution is -2.46. The number of amides is 3. The van der Waals surface area contributed by atoms with E-state index in [4.69, 9.17) is 4.74 Å². The third kappa shape index (κ3) is 3.49. The van der Waals surface area contributed by atoms with Crippen molar-refractivity contribution >= 4 is 34.9 Å². The molecule has 0 N–H and O–H groups in total. The molecular weight excluding hydrogens is 335 g/mol. The van der Waals surface area contributed by atoms with Gasteiger partial charge < -0.3 is 9.64 Å². The molecule has 0 aliphatic carbocycles. The van der Waals surface area contributed by atoms with Gasteiger partial charge in [-0.15, -0.1) is 0 Å². The number of thioether (sulfide) groups is 1. The quantitative estimate of drug-likeness (QED) is 0.777. The average Bonchev–Trinajstić information content (AvgIpc) is 2.85. The summed E-state index contributed by atoms with van der Waals surface area (Å²) in [5.41, 5.74) is 0.225.